The highest BCUT2D eigenvalue weighted by Crippen LogP contribution is 2.37. The van der Waals surface area contributed by atoms with Crippen molar-refractivity contribution >= 4 is 11.8 Å². The molecule has 4 nitrogen and oxygen atoms in total. The van der Waals surface area contributed by atoms with Gasteiger partial charge in [0.25, 0.3) is 0 Å². The standard InChI is InChI=1S/C25H24F6N4S/c1-3-4-5-6-7-8-9-17-10-19(15-32-14-17)22-33-34-23(35(22)2)36-16-18-11-20(24(26,27)28)13-21(12-18)25(29,30)31/h10-15H,3-7,16H2,1-2H3. The number of hydrogen-bond donors (Lipinski definition) is 0. The van der Waals surface area contributed by atoms with E-state index in [1.165, 1.54) is 6.42 Å². The summed E-state index contributed by atoms with van der Waals surface area (Å²) in [5, 5.41) is 8.51. The Morgan fingerprint density at radius 3 is 2.22 bits per heavy atom. The second-order valence-corrected chi connectivity index (χ2v) is 9.09. The van der Waals surface area contributed by atoms with Gasteiger partial charge in [0, 0.05) is 42.7 Å². The Morgan fingerprint density at radius 1 is 0.889 bits per heavy atom. The highest BCUT2D eigenvalue weighted by Gasteiger charge is 2.36. The minimum Gasteiger partial charge on any atom is -0.305 e. The minimum absolute atomic E-state index is 0.114. The van der Waals surface area contributed by atoms with Crippen LogP contribution in [-0.4, -0.2) is 19.7 Å². The van der Waals surface area contributed by atoms with Crippen molar-refractivity contribution in [2.45, 2.75) is 62.3 Å². The number of thioether (sulfide) groups is 1. The first-order chi connectivity index (χ1) is 17.0. The molecule has 192 valence electrons. The number of halogens is 6. The average Bonchev–Trinajstić information content (AvgIpc) is 3.19. The van der Waals surface area contributed by atoms with E-state index < -0.39 is 23.5 Å². The van der Waals surface area contributed by atoms with E-state index >= 15 is 0 Å². The van der Waals surface area contributed by atoms with Crippen molar-refractivity contribution in [1.82, 2.24) is 19.7 Å². The van der Waals surface area contributed by atoms with Crippen LogP contribution in [0.25, 0.3) is 11.4 Å². The largest absolute Gasteiger partial charge is 0.416 e. The van der Waals surface area contributed by atoms with Gasteiger partial charge in [0.05, 0.1) is 11.1 Å². The van der Waals surface area contributed by atoms with Crippen LogP contribution in [0.1, 0.15) is 61.3 Å². The summed E-state index contributed by atoms with van der Waals surface area (Å²) in [5.41, 5.74) is -1.46. The molecule has 2 aromatic heterocycles. The third kappa shape index (κ3) is 7.50. The normalized spacial score (nSPS) is 11.9. The zero-order valence-electron chi connectivity index (χ0n) is 19.7. The zero-order valence-corrected chi connectivity index (χ0v) is 20.5. The SMILES string of the molecule is CCCCCCC#Cc1cncc(-c2nnc(SCc3cc(C(F)(F)F)cc(C(F)(F)F)c3)n2C)c1. The number of hydrogen-bond acceptors (Lipinski definition) is 4. The molecule has 3 aromatic rings. The zero-order chi connectivity index (χ0) is 26.3. The molecule has 0 spiro atoms. The predicted molar refractivity (Wildman–Crippen MR) is 126 cm³/mol. The Labute approximate surface area is 209 Å². The van der Waals surface area contributed by atoms with E-state index in [0.717, 1.165) is 37.4 Å². The quantitative estimate of drug-likeness (QED) is 0.132. The molecule has 0 radical (unpaired) electrons. The fourth-order valence-corrected chi connectivity index (χ4v) is 4.22. The second-order valence-electron chi connectivity index (χ2n) is 8.14. The van der Waals surface area contributed by atoms with Crippen LogP contribution < -0.4 is 0 Å². The van der Waals surface area contributed by atoms with Gasteiger partial charge in [-0.1, -0.05) is 49.8 Å². The van der Waals surface area contributed by atoms with Crippen LogP contribution >= 0.6 is 11.8 Å². The third-order valence-corrected chi connectivity index (χ3v) is 6.33. The average molecular weight is 527 g/mol. The summed E-state index contributed by atoms with van der Waals surface area (Å²) in [6.07, 6.45) is -1.25. The topological polar surface area (TPSA) is 43.6 Å². The Kier molecular flexibility index (Phi) is 9.06. The van der Waals surface area contributed by atoms with Gasteiger partial charge in [0.2, 0.25) is 0 Å². The van der Waals surface area contributed by atoms with Gasteiger partial charge in [0.1, 0.15) is 0 Å². The first kappa shape index (κ1) is 27.6. The van der Waals surface area contributed by atoms with E-state index in [4.69, 9.17) is 0 Å². The van der Waals surface area contributed by atoms with Gasteiger partial charge in [-0.25, -0.2) is 0 Å². The van der Waals surface area contributed by atoms with Gasteiger partial charge in [-0.3, -0.25) is 4.98 Å². The van der Waals surface area contributed by atoms with Crippen LogP contribution in [0.5, 0.6) is 0 Å². The monoisotopic (exact) mass is 526 g/mol. The molecule has 1 aromatic carbocycles. The number of aromatic nitrogens is 4. The Bertz CT molecular complexity index is 1210. The Balaban J connectivity index is 1.75. The van der Waals surface area contributed by atoms with Crippen molar-refractivity contribution in [3.05, 3.63) is 58.9 Å². The molecule has 0 saturated carbocycles. The van der Waals surface area contributed by atoms with E-state index in [9.17, 15) is 26.3 Å². The Morgan fingerprint density at radius 2 is 1.58 bits per heavy atom. The van der Waals surface area contributed by atoms with Crippen molar-refractivity contribution in [3.8, 4) is 23.2 Å². The number of rotatable bonds is 8. The molecule has 0 unspecified atom stereocenters. The molecule has 2 heterocycles. The van der Waals surface area contributed by atoms with Crippen molar-refractivity contribution < 1.29 is 26.3 Å². The molecule has 0 amide bonds. The Hall–Kier alpha value is -3.00. The summed E-state index contributed by atoms with van der Waals surface area (Å²) < 4.78 is 80.3. The minimum atomic E-state index is -4.89. The lowest BCUT2D eigenvalue weighted by molar-refractivity contribution is -0.143. The van der Waals surface area contributed by atoms with Crippen molar-refractivity contribution in [3.63, 3.8) is 0 Å². The van der Waals surface area contributed by atoms with E-state index in [1.807, 2.05) is 6.07 Å². The lowest BCUT2D eigenvalue weighted by atomic mass is 10.1. The second kappa shape index (κ2) is 11.8. The van der Waals surface area contributed by atoms with Gasteiger partial charge >= 0.3 is 12.4 Å². The van der Waals surface area contributed by atoms with Crippen LogP contribution in [0.3, 0.4) is 0 Å². The first-order valence-corrected chi connectivity index (χ1v) is 12.2. The predicted octanol–water partition coefficient (Wildman–Crippen LogP) is 7.53. The van der Waals surface area contributed by atoms with E-state index in [1.54, 1.807) is 24.0 Å². The van der Waals surface area contributed by atoms with Crippen LogP contribution in [0.15, 0.2) is 41.8 Å². The molecule has 0 bridgehead atoms. The molecule has 0 fully saturated rings. The van der Waals surface area contributed by atoms with Crippen molar-refractivity contribution in [1.29, 1.82) is 0 Å². The summed E-state index contributed by atoms with van der Waals surface area (Å²) in [4.78, 5) is 4.20. The van der Waals surface area contributed by atoms with Crippen molar-refractivity contribution in [2.24, 2.45) is 7.05 Å². The molecule has 0 atom stereocenters. The summed E-state index contributed by atoms with van der Waals surface area (Å²) in [7, 11) is 1.66. The smallest absolute Gasteiger partial charge is 0.305 e. The molecule has 0 aliphatic heterocycles. The number of pyridine rings is 1. The van der Waals surface area contributed by atoms with Gasteiger partial charge in [-0.05, 0) is 36.2 Å². The fraction of sp³-hybridized carbons (Fsp3) is 0.400. The van der Waals surface area contributed by atoms with Gasteiger partial charge in [0.15, 0.2) is 11.0 Å². The maximum absolute atomic E-state index is 13.1. The summed E-state index contributed by atoms with van der Waals surface area (Å²) >= 11 is 0.988. The fourth-order valence-electron chi connectivity index (χ4n) is 3.38. The summed E-state index contributed by atoms with van der Waals surface area (Å²) in [5.74, 6) is 6.51. The van der Waals surface area contributed by atoms with E-state index in [-0.39, 0.29) is 17.4 Å². The molecule has 0 N–H and O–H groups in total. The molecular formula is C25H24F6N4S. The van der Waals surface area contributed by atoms with Gasteiger partial charge < -0.3 is 4.57 Å². The third-order valence-electron chi connectivity index (χ3n) is 5.23. The maximum atomic E-state index is 13.1. The number of alkyl halides is 6. The highest BCUT2D eigenvalue weighted by atomic mass is 32.2. The van der Waals surface area contributed by atoms with Crippen LogP contribution in [0, 0.1) is 11.8 Å². The van der Waals surface area contributed by atoms with Crippen LogP contribution in [0.4, 0.5) is 26.3 Å². The van der Waals surface area contributed by atoms with Gasteiger partial charge in [-0.2, -0.15) is 26.3 Å². The number of benzene rings is 1. The summed E-state index contributed by atoms with van der Waals surface area (Å²) in [6.45, 7) is 2.15. The molecule has 36 heavy (non-hydrogen) atoms. The first-order valence-electron chi connectivity index (χ1n) is 11.2. The molecular weight excluding hydrogens is 502 g/mol. The van der Waals surface area contributed by atoms with E-state index in [2.05, 4.69) is 33.9 Å². The van der Waals surface area contributed by atoms with Crippen LogP contribution in [0.2, 0.25) is 0 Å². The number of unbranched alkanes of at least 4 members (excludes halogenated alkanes) is 4. The molecule has 11 heteroatoms. The summed E-state index contributed by atoms with van der Waals surface area (Å²) in [6, 6.07) is 3.36. The number of nitrogens with zero attached hydrogens (tertiary/aromatic N) is 4. The van der Waals surface area contributed by atoms with Crippen molar-refractivity contribution in [2.75, 3.05) is 0 Å². The lowest BCUT2D eigenvalue weighted by Gasteiger charge is -2.14. The van der Waals surface area contributed by atoms with Gasteiger partial charge in [-0.15, -0.1) is 10.2 Å². The van der Waals surface area contributed by atoms with Crippen LogP contribution in [-0.2, 0) is 25.2 Å². The lowest BCUT2D eigenvalue weighted by Crippen LogP contribution is -2.11. The maximum Gasteiger partial charge on any atom is 0.416 e. The highest BCUT2D eigenvalue weighted by molar-refractivity contribution is 7.98. The molecule has 0 aliphatic carbocycles. The van der Waals surface area contributed by atoms with E-state index in [0.29, 0.717) is 34.2 Å². The molecule has 0 saturated heterocycles. The molecule has 3 rings (SSSR count). The molecule has 0 aliphatic rings.